The molecule has 0 radical (unpaired) electrons. The van der Waals surface area contributed by atoms with Crippen molar-refractivity contribution in [3.05, 3.63) is 102 Å². The summed E-state index contributed by atoms with van der Waals surface area (Å²) in [5, 5.41) is 14.8. The van der Waals surface area contributed by atoms with Gasteiger partial charge < -0.3 is 19.9 Å². The Balaban J connectivity index is 1.45. The molecule has 4 rings (SSSR count). The molecule has 0 fully saturated rings. The van der Waals surface area contributed by atoms with Crippen LogP contribution in [0.1, 0.15) is 40.4 Å². The summed E-state index contributed by atoms with van der Waals surface area (Å²) in [5.74, 6) is 0.722. The molecule has 2 N–H and O–H groups in total. The van der Waals surface area contributed by atoms with Crippen molar-refractivity contribution in [1.29, 1.82) is 0 Å². The lowest BCUT2D eigenvalue weighted by Crippen LogP contribution is -2.16. The number of fused-ring (bicyclic) bond motifs is 1. The van der Waals surface area contributed by atoms with Gasteiger partial charge in [-0.1, -0.05) is 36.4 Å². The molecule has 0 spiro atoms. The smallest absolute Gasteiger partial charge is 0.335 e. The zero-order chi connectivity index (χ0) is 25.5. The van der Waals surface area contributed by atoms with E-state index < -0.39 is 5.97 Å². The quantitative estimate of drug-likeness (QED) is 0.260. The normalized spacial score (nSPS) is 11.6. The predicted molar refractivity (Wildman–Crippen MR) is 141 cm³/mol. The maximum absolute atomic E-state index is 13.0. The lowest BCUT2D eigenvalue weighted by molar-refractivity contribution is -0.119. The van der Waals surface area contributed by atoms with E-state index in [1.54, 1.807) is 38.5 Å². The van der Waals surface area contributed by atoms with Crippen molar-refractivity contribution in [3.8, 4) is 11.5 Å². The molecule has 0 aliphatic rings. The molecular formula is C30H29NO5. The molecule has 0 heterocycles. The van der Waals surface area contributed by atoms with E-state index in [-0.39, 0.29) is 17.4 Å². The summed E-state index contributed by atoms with van der Waals surface area (Å²) in [6, 6.07) is 26.1. The zero-order valence-electron chi connectivity index (χ0n) is 20.4. The maximum atomic E-state index is 13.0. The summed E-state index contributed by atoms with van der Waals surface area (Å²) in [7, 11) is 3.27. The molecule has 0 bridgehead atoms. The minimum atomic E-state index is -0.976. The molecule has 4 aromatic carbocycles. The van der Waals surface area contributed by atoms with Crippen LogP contribution in [0.2, 0.25) is 0 Å². The lowest BCUT2D eigenvalue weighted by atomic mass is 9.96. The van der Waals surface area contributed by atoms with Gasteiger partial charge in [0.25, 0.3) is 0 Å². The molecule has 0 aliphatic heterocycles. The van der Waals surface area contributed by atoms with E-state index in [1.807, 2.05) is 42.5 Å². The fourth-order valence-corrected chi connectivity index (χ4v) is 4.17. The Bertz CT molecular complexity index is 1350. The number of Topliss-reactive ketones (excluding diaryl/α,β-unsaturated/α-hetero) is 1. The first-order valence-electron chi connectivity index (χ1n) is 11.8. The number of carboxylic acids is 1. The largest absolute Gasteiger partial charge is 0.497 e. The van der Waals surface area contributed by atoms with Gasteiger partial charge >= 0.3 is 5.97 Å². The van der Waals surface area contributed by atoms with E-state index >= 15 is 0 Å². The van der Waals surface area contributed by atoms with Crippen LogP contribution in [0.15, 0.2) is 84.9 Å². The Morgan fingerprint density at radius 1 is 0.806 bits per heavy atom. The molecule has 184 valence electrons. The van der Waals surface area contributed by atoms with E-state index in [0.29, 0.717) is 19.3 Å². The Labute approximate surface area is 210 Å². The van der Waals surface area contributed by atoms with Gasteiger partial charge in [-0.2, -0.15) is 0 Å². The highest BCUT2D eigenvalue weighted by atomic mass is 16.5. The first-order chi connectivity index (χ1) is 17.4. The summed E-state index contributed by atoms with van der Waals surface area (Å²) in [4.78, 5) is 24.2. The number of hydrogen-bond donors (Lipinski definition) is 2. The van der Waals surface area contributed by atoms with Crippen molar-refractivity contribution in [1.82, 2.24) is 0 Å². The van der Waals surface area contributed by atoms with Crippen molar-refractivity contribution >= 4 is 28.2 Å². The molecule has 0 aliphatic carbocycles. The van der Waals surface area contributed by atoms with Gasteiger partial charge in [0, 0.05) is 18.5 Å². The molecule has 4 aromatic rings. The Morgan fingerprint density at radius 3 is 2.11 bits per heavy atom. The Kier molecular flexibility index (Phi) is 7.85. The van der Waals surface area contributed by atoms with Crippen LogP contribution >= 0.6 is 0 Å². The zero-order valence-corrected chi connectivity index (χ0v) is 20.4. The molecule has 0 aromatic heterocycles. The third-order valence-electron chi connectivity index (χ3n) is 6.23. The van der Waals surface area contributed by atoms with Gasteiger partial charge in [-0.3, -0.25) is 4.79 Å². The highest BCUT2D eigenvalue weighted by Gasteiger charge is 2.17. The van der Waals surface area contributed by atoms with E-state index in [4.69, 9.17) is 14.6 Å². The summed E-state index contributed by atoms with van der Waals surface area (Å²) in [6.07, 6.45) is 1.38. The molecule has 0 saturated carbocycles. The second-order valence-electron chi connectivity index (χ2n) is 8.64. The first-order valence-corrected chi connectivity index (χ1v) is 11.8. The average molecular weight is 484 g/mol. The SMILES string of the molecule is COc1ccc(C(CC(=O)CCc2ccc3cc(OC)ccc3c2)Nc2ccc(C(=O)O)cc2)cc1. The van der Waals surface area contributed by atoms with Gasteiger partial charge in [0.1, 0.15) is 17.3 Å². The van der Waals surface area contributed by atoms with Gasteiger partial charge in [-0.25, -0.2) is 4.79 Å². The summed E-state index contributed by atoms with van der Waals surface area (Å²) >= 11 is 0. The molecule has 36 heavy (non-hydrogen) atoms. The second kappa shape index (κ2) is 11.4. The maximum Gasteiger partial charge on any atom is 0.335 e. The topological polar surface area (TPSA) is 84.9 Å². The van der Waals surface area contributed by atoms with E-state index in [2.05, 4.69) is 23.5 Å². The highest BCUT2D eigenvalue weighted by molar-refractivity contribution is 5.88. The number of hydrogen-bond acceptors (Lipinski definition) is 5. The summed E-state index contributed by atoms with van der Waals surface area (Å²) < 4.78 is 10.6. The minimum Gasteiger partial charge on any atom is -0.497 e. The number of ketones is 1. The average Bonchev–Trinajstić information content (AvgIpc) is 2.91. The van der Waals surface area contributed by atoms with Crippen molar-refractivity contribution in [2.45, 2.75) is 25.3 Å². The van der Waals surface area contributed by atoms with Gasteiger partial charge in [0.05, 0.1) is 25.8 Å². The van der Waals surface area contributed by atoms with Gasteiger partial charge in [0.15, 0.2) is 0 Å². The highest BCUT2D eigenvalue weighted by Crippen LogP contribution is 2.27. The Hall–Kier alpha value is -4.32. The molecule has 0 amide bonds. The number of anilines is 1. The number of rotatable bonds is 11. The van der Waals surface area contributed by atoms with Crippen LogP contribution in [0.25, 0.3) is 10.8 Å². The van der Waals surface area contributed by atoms with Crippen LogP contribution in [-0.2, 0) is 11.2 Å². The number of carbonyl (C=O) groups is 2. The second-order valence-corrected chi connectivity index (χ2v) is 8.64. The number of nitrogens with one attached hydrogen (secondary N) is 1. The molecule has 1 atom stereocenters. The fraction of sp³-hybridized carbons (Fsp3) is 0.200. The van der Waals surface area contributed by atoms with Crippen LogP contribution in [0.3, 0.4) is 0 Å². The standard InChI is InChI=1S/C30H29NO5/c1-35-27-14-8-21(9-15-27)29(31-25-11-6-22(7-12-25)30(33)34)19-26(32)13-4-20-3-5-24-18-28(36-2)16-10-23(24)17-20/h3,5-12,14-18,29,31H,4,13,19H2,1-2H3,(H,33,34). The minimum absolute atomic E-state index is 0.139. The fourth-order valence-electron chi connectivity index (χ4n) is 4.17. The monoisotopic (exact) mass is 483 g/mol. The van der Waals surface area contributed by atoms with Crippen molar-refractivity contribution < 1.29 is 24.2 Å². The van der Waals surface area contributed by atoms with Crippen molar-refractivity contribution in [2.24, 2.45) is 0 Å². The van der Waals surface area contributed by atoms with Crippen LogP contribution in [0.5, 0.6) is 11.5 Å². The molecule has 1 unspecified atom stereocenters. The molecule has 6 nitrogen and oxygen atoms in total. The Morgan fingerprint density at radius 2 is 1.44 bits per heavy atom. The number of benzene rings is 4. The third-order valence-corrected chi connectivity index (χ3v) is 6.23. The number of aryl methyl sites for hydroxylation is 1. The first kappa shape index (κ1) is 24.8. The van der Waals surface area contributed by atoms with Gasteiger partial charge in [0.2, 0.25) is 0 Å². The van der Waals surface area contributed by atoms with E-state index in [9.17, 15) is 9.59 Å². The van der Waals surface area contributed by atoms with E-state index in [1.165, 1.54) is 0 Å². The van der Waals surface area contributed by atoms with Crippen LogP contribution in [0, 0.1) is 0 Å². The molecular weight excluding hydrogens is 454 g/mol. The van der Waals surface area contributed by atoms with Crippen molar-refractivity contribution in [3.63, 3.8) is 0 Å². The van der Waals surface area contributed by atoms with Gasteiger partial charge in [-0.15, -0.1) is 0 Å². The van der Waals surface area contributed by atoms with Crippen LogP contribution in [-0.4, -0.2) is 31.1 Å². The van der Waals surface area contributed by atoms with Crippen molar-refractivity contribution in [2.75, 3.05) is 19.5 Å². The molecule has 6 heteroatoms. The molecule has 0 saturated heterocycles. The number of methoxy groups -OCH3 is 2. The summed E-state index contributed by atoms with van der Waals surface area (Å²) in [6.45, 7) is 0. The lowest BCUT2D eigenvalue weighted by Gasteiger charge is -2.20. The number of carbonyl (C=O) groups excluding carboxylic acids is 1. The third kappa shape index (κ3) is 6.21. The number of carboxylic acid groups (broad SMARTS) is 1. The van der Waals surface area contributed by atoms with Crippen LogP contribution in [0.4, 0.5) is 5.69 Å². The number of ether oxygens (including phenoxy) is 2. The van der Waals surface area contributed by atoms with Gasteiger partial charge in [-0.05, 0) is 76.9 Å². The predicted octanol–water partition coefficient (Wildman–Crippen LogP) is 6.30. The summed E-state index contributed by atoms with van der Waals surface area (Å²) in [5.41, 5.74) is 3.02. The van der Waals surface area contributed by atoms with E-state index in [0.717, 1.165) is 39.1 Å². The number of aromatic carboxylic acids is 1. The van der Waals surface area contributed by atoms with Crippen LogP contribution < -0.4 is 14.8 Å².